The summed E-state index contributed by atoms with van der Waals surface area (Å²) in [6, 6.07) is 4.14. The van der Waals surface area contributed by atoms with Crippen LogP contribution in [0.4, 0.5) is 18.9 Å². The Balaban J connectivity index is 1.92. The third-order valence-corrected chi connectivity index (χ3v) is 5.25. The third-order valence-electron chi connectivity index (χ3n) is 5.25. The number of nitrogens with one attached hydrogen (secondary N) is 3. The van der Waals surface area contributed by atoms with Crippen molar-refractivity contribution in [3.05, 3.63) is 58.7 Å². The Morgan fingerprint density at radius 3 is 2.53 bits per heavy atom. The van der Waals surface area contributed by atoms with E-state index in [2.05, 4.69) is 16.0 Å². The van der Waals surface area contributed by atoms with Gasteiger partial charge in [-0.25, -0.2) is 4.79 Å². The number of halogens is 3. The number of esters is 1. The summed E-state index contributed by atoms with van der Waals surface area (Å²) in [7, 11) is 0. The Morgan fingerprint density at radius 2 is 1.88 bits per heavy atom. The lowest BCUT2D eigenvalue weighted by molar-refractivity contribution is -0.137. The highest BCUT2D eigenvalue weighted by atomic mass is 19.4. The fraction of sp³-hybridized carbons (Fsp3) is 0.273. The van der Waals surface area contributed by atoms with Crippen LogP contribution in [0.15, 0.2) is 36.4 Å². The summed E-state index contributed by atoms with van der Waals surface area (Å²) in [5.41, 5.74) is -1.64. The lowest BCUT2D eigenvalue weighted by Crippen LogP contribution is -2.53. The number of aromatic hydroxyl groups is 1. The molecule has 9 nitrogen and oxygen atoms in total. The van der Waals surface area contributed by atoms with E-state index in [0.717, 1.165) is 12.1 Å². The van der Waals surface area contributed by atoms with E-state index in [4.69, 9.17) is 4.74 Å². The molecule has 0 fully saturated rings. The molecule has 3 rings (SSSR count). The van der Waals surface area contributed by atoms with E-state index < -0.39 is 53.5 Å². The Hall–Kier alpha value is -4.09. The number of hydrogen-bond acceptors (Lipinski definition) is 6. The first-order valence-electron chi connectivity index (χ1n) is 9.99. The van der Waals surface area contributed by atoms with Crippen LogP contribution < -0.4 is 16.0 Å². The predicted molar refractivity (Wildman–Crippen MR) is 112 cm³/mol. The van der Waals surface area contributed by atoms with Gasteiger partial charge in [0, 0.05) is 0 Å². The average Bonchev–Trinajstić information content (AvgIpc) is 2.79. The lowest BCUT2D eigenvalue weighted by Gasteiger charge is -2.24. The van der Waals surface area contributed by atoms with Crippen molar-refractivity contribution >= 4 is 29.9 Å². The van der Waals surface area contributed by atoms with Crippen molar-refractivity contribution < 1.29 is 42.2 Å². The van der Waals surface area contributed by atoms with Gasteiger partial charge in [-0.3, -0.25) is 14.4 Å². The quantitative estimate of drug-likeness (QED) is 0.303. The molecule has 0 saturated carbocycles. The van der Waals surface area contributed by atoms with Crippen LogP contribution in [0, 0.1) is 0 Å². The van der Waals surface area contributed by atoms with Gasteiger partial charge in [0.05, 0.1) is 28.4 Å². The molecule has 2 aromatic carbocycles. The Bertz CT molecular complexity index is 1150. The van der Waals surface area contributed by atoms with E-state index >= 15 is 0 Å². The zero-order valence-electron chi connectivity index (χ0n) is 17.9. The van der Waals surface area contributed by atoms with Crippen LogP contribution in [0.2, 0.25) is 0 Å². The second-order valence-electron chi connectivity index (χ2n) is 7.56. The molecule has 4 N–H and O–H groups in total. The Kier molecular flexibility index (Phi) is 6.80. The largest absolute Gasteiger partial charge is 0.505 e. The molecular formula is C22H20F3N3O6. The summed E-state index contributed by atoms with van der Waals surface area (Å²) in [5, 5.41) is 17.4. The molecule has 3 atom stereocenters. The van der Waals surface area contributed by atoms with Crippen molar-refractivity contribution in [1.29, 1.82) is 0 Å². The number of para-hydroxylation sites is 1. The number of rotatable bonds is 4. The number of benzene rings is 2. The first kappa shape index (κ1) is 24.6. The van der Waals surface area contributed by atoms with Gasteiger partial charge in [0.15, 0.2) is 5.75 Å². The van der Waals surface area contributed by atoms with E-state index in [9.17, 15) is 37.5 Å². The molecule has 3 amide bonds. The van der Waals surface area contributed by atoms with E-state index in [1.54, 1.807) is 0 Å². The molecule has 0 aliphatic carbocycles. The van der Waals surface area contributed by atoms with Crippen LogP contribution in [-0.2, 0) is 20.5 Å². The van der Waals surface area contributed by atoms with Crippen LogP contribution in [0.3, 0.4) is 0 Å². The maximum Gasteiger partial charge on any atom is 0.416 e. The number of alkyl halides is 3. The molecule has 1 aliphatic heterocycles. The van der Waals surface area contributed by atoms with E-state index in [1.165, 1.54) is 32.0 Å². The van der Waals surface area contributed by atoms with Crippen molar-refractivity contribution in [1.82, 2.24) is 10.6 Å². The predicted octanol–water partition coefficient (Wildman–Crippen LogP) is 2.51. The first-order valence-corrected chi connectivity index (χ1v) is 9.99. The number of phenolic OH excluding ortho intramolecular Hbond substituents is 1. The molecule has 0 aromatic heterocycles. The van der Waals surface area contributed by atoms with Crippen LogP contribution in [0.5, 0.6) is 5.75 Å². The number of carbonyl (C=O) groups excluding carboxylic acids is 4. The number of phenols is 1. The van der Waals surface area contributed by atoms with Gasteiger partial charge in [-0.05, 0) is 43.7 Å². The maximum atomic E-state index is 13.1. The highest BCUT2D eigenvalue weighted by molar-refractivity contribution is 6.02. The smallest absolute Gasteiger partial charge is 0.416 e. The zero-order valence-corrected chi connectivity index (χ0v) is 17.9. The molecule has 0 bridgehead atoms. The van der Waals surface area contributed by atoms with Crippen LogP contribution in [-0.4, -0.2) is 41.4 Å². The molecule has 0 spiro atoms. The van der Waals surface area contributed by atoms with Gasteiger partial charge < -0.3 is 25.8 Å². The minimum Gasteiger partial charge on any atom is -0.505 e. The molecule has 2 aromatic rings. The van der Waals surface area contributed by atoms with Gasteiger partial charge in [0.1, 0.15) is 12.1 Å². The fourth-order valence-electron chi connectivity index (χ4n) is 3.49. The van der Waals surface area contributed by atoms with Crippen LogP contribution in [0.25, 0.3) is 0 Å². The summed E-state index contributed by atoms with van der Waals surface area (Å²) in [6.45, 7) is 2.75. The maximum absolute atomic E-state index is 13.1. The van der Waals surface area contributed by atoms with Gasteiger partial charge in [-0.1, -0.05) is 12.1 Å². The number of amides is 3. The monoisotopic (exact) mass is 479 g/mol. The summed E-state index contributed by atoms with van der Waals surface area (Å²) in [6.07, 6.45) is -5.69. The topological polar surface area (TPSA) is 134 Å². The molecule has 1 aliphatic rings. The highest BCUT2D eigenvalue weighted by Crippen LogP contribution is 2.33. The summed E-state index contributed by atoms with van der Waals surface area (Å²) in [4.78, 5) is 49.0. The average molecular weight is 479 g/mol. The lowest BCUT2D eigenvalue weighted by atomic mass is 9.98. The van der Waals surface area contributed by atoms with Gasteiger partial charge in [0.2, 0.25) is 12.3 Å². The zero-order chi connectivity index (χ0) is 25.2. The van der Waals surface area contributed by atoms with E-state index in [0.29, 0.717) is 12.5 Å². The van der Waals surface area contributed by atoms with Crippen molar-refractivity contribution in [2.75, 3.05) is 5.32 Å². The van der Waals surface area contributed by atoms with E-state index in [1.807, 2.05) is 0 Å². The van der Waals surface area contributed by atoms with Crippen molar-refractivity contribution in [3.8, 4) is 5.75 Å². The van der Waals surface area contributed by atoms with Crippen molar-refractivity contribution in [2.24, 2.45) is 0 Å². The number of carbonyl (C=O) groups is 4. The van der Waals surface area contributed by atoms with E-state index in [-0.39, 0.29) is 22.4 Å². The number of ether oxygens (including phenoxy) is 1. The van der Waals surface area contributed by atoms with Crippen LogP contribution >= 0.6 is 0 Å². The van der Waals surface area contributed by atoms with Gasteiger partial charge in [-0.15, -0.1) is 0 Å². The first-order chi connectivity index (χ1) is 15.9. The van der Waals surface area contributed by atoms with Crippen molar-refractivity contribution in [2.45, 2.75) is 38.2 Å². The molecule has 180 valence electrons. The number of cyclic esters (lactones) is 1. The standard InChI is InChI=1S/C22H20F3N3O6/c1-10-13-7-6-12(22(23,24)25)8-15(13)21(33)34-11(2)17(20(32)27-10)28-19(31)14-4-3-5-16(18(14)30)26-9-29/h3-11,17,30H,1-2H3,(H,26,29)(H,27,32)(H,28,31). The molecule has 34 heavy (non-hydrogen) atoms. The fourth-order valence-corrected chi connectivity index (χ4v) is 3.49. The third kappa shape index (κ3) is 4.95. The summed E-state index contributed by atoms with van der Waals surface area (Å²) >= 11 is 0. The molecular weight excluding hydrogens is 459 g/mol. The van der Waals surface area contributed by atoms with Crippen LogP contribution in [0.1, 0.15) is 51.7 Å². The van der Waals surface area contributed by atoms with Gasteiger partial charge >= 0.3 is 12.1 Å². The van der Waals surface area contributed by atoms with Crippen molar-refractivity contribution in [3.63, 3.8) is 0 Å². The summed E-state index contributed by atoms with van der Waals surface area (Å²) in [5.74, 6) is -3.34. The van der Waals surface area contributed by atoms with Gasteiger partial charge in [-0.2, -0.15) is 13.2 Å². The summed E-state index contributed by atoms with van der Waals surface area (Å²) < 4.78 is 44.7. The second kappa shape index (κ2) is 9.41. The molecule has 0 radical (unpaired) electrons. The van der Waals surface area contributed by atoms with Gasteiger partial charge in [0.25, 0.3) is 5.91 Å². The Labute approximate surface area is 191 Å². The Morgan fingerprint density at radius 1 is 1.18 bits per heavy atom. The molecule has 0 saturated heterocycles. The molecule has 1 heterocycles. The SMILES string of the molecule is CC1NC(=O)C(NC(=O)c2cccc(NC=O)c2O)C(C)OC(=O)c2cc(C(F)(F)F)ccc21. The number of hydrogen-bond donors (Lipinski definition) is 4. The second-order valence-corrected chi connectivity index (χ2v) is 7.56. The number of fused-ring (bicyclic) bond motifs is 1. The molecule has 3 unspecified atom stereocenters. The highest BCUT2D eigenvalue weighted by Gasteiger charge is 2.37. The normalized spacial score (nSPS) is 20.6. The molecule has 12 heteroatoms. The number of anilines is 1. The minimum absolute atomic E-state index is 0.0504. The minimum atomic E-state index is -4.70.